The van der Waals surface area contributed by atoms with Gasteiger partial charge >= 0.3 is 0 Å². The van der Waals surface area contributed by atoms with Gasteiger partial charge in [0.2, 0.25) is 5.91 Å². The van der Waals surface area contributed by atoms with Crippen molar-refractivity contribution < 1.29 is 9.18 Å². The summed E-state index contributed by atoms with van der Waals surface area (Å²) >= 11 is 3.28. The van der Waals surface area contributed by atoms with Gasteiger partial charge in [-0.2, -0.15) is 0 Å². The van der Waals surface area contributed by atoms with Crippen LogP contribution < -0.4 is 5.32 Å². The highest BCUT2D eigenvalue weighted by atomic mass is 32.1. The Morgan fingerprint density at radius 2 is 1.85 bits per heavy atom. The Hall–Kier alpha value is -2.02. The first-order chi connectivity index (χ1) is 12.7. The van der Waals surface area contributed by atoms with Crippen LogP contribution >= 0.6 is 22.7 Å². The lowest BCUT2D eigenvalue weighted by atomic mass is 10.1. The van der Waals surface area contributed by atoms with Crippen molar-refractivity contribution in [1.29, 1.82) is 0 Å². The molecule has 3 nitrogen and oxygen atoms in total. The van der Waals surface area contributed by atoms with Crippen molar-refractivity contribution in [2.75, 3.05) is 13.1 Å². The van der Waals surface area contributed by atoms with Gasteiger partial charge in [0, 0.05) is 16.3 Å². The molecule has 1 aromatic carbocycles. The van der Waals surface area contributed by atoms with Gasteiger partial charge in [0.25, 0.3) is 0 Å². The second-order valence-electron chi connectivity index (χ2n) is 5.95. The second-order valence-corrected chi connectivity index (χ2v) is 7.96. The third-order valence-electron chi connectivity index (χ3n) is 4.11. The van der Waals surface area contributed by atoms with E-state index in [9.17, 15) is 9.18 Å². The van der Waals surface area contributed by atoms with Crippen LogP contribution in [0, 0.1) is 5.82 Å². The van der Waals surface area contributed by atoms with E-state index in [1.807, 2.05) is 29.0 Å². The molecule has 136 valence electrons. The van der Waals surface area contributed by atoms with Gasteiger partial charge in [0.1, 0.15) is 5.82 Å². The summed E-state index contributed by atoms with van der Waals surface area (Å²) in [7, 11) is 0. The summed E-state index contributed by atoms with van der Waals surface area (Å²) in [4.78, 5) is 17.1. The fraction of sp³-hybridized carbons (Fsp3) is 0.250. The number of carbonyl (C=O) groups is 1. The first-order valence-corrected chi connectivity index (χ1v) is 10.2. The van der Waals surface area contributed by atoms with E-state index in [1.54, 1.807) is 34.8 Å². The number of likely N-dealkylation sites (N-methyl/N-ethyl adjacent to an activating group) is 1. The molecule has 26 heavy (non-hydrogen) atoms. The molecule has 1 amide bonds. The molecule has 0 fully saturated rings. The summed E-state index contributed by atoms with van der Waals surface area (Å²) in [5, 5.41) is 7.14. The number of carbonyl (C=O) groups excluding carboxylic acids is 1. The number of halogens is 1. The van der Waals surface area contributed by atoms with Crippen molar-refractivity contribution in [3.05, 3.63) is 80.4 Å². The molecule has 1 atom stereocenters. The fourth-order valence-electron chi connectivity index (χ4n) is 2.74. The molecule has 0 aliphatic carbocycles. The zero-order valence-electron chi connectivity index (χ0n) is 14.5. The summed E-state index contributed by atoms with van der Waals surface area (Å²) in [6.45, 7) is 3.95. The predicted octanol–water partition coefficient (Wildman–Crippen LogP) is 4.68. The minimum atomic E-state index is -0.280. The molecule has 0 bridgehead atoms. The van der Waals surface area contributed by atoms with Crippen molar-refractivity contribution >= 4 is 28.6 Å². The molecule has 1 N–H and O–H groups in total. The highest BCUT2D eigenvalue weighted by molar-refractivity contribution is 7.10. The number of benzene rings is 1. The van der Waals surface area contributed by atoms with Crippen LogP contribution in [0.3, 0.4) is 0 Å². The third kappa shape index (κ3) is 5.00. The lowest BCUT2D eigenvalue weighted by Crippen LogP contribution is -2.38. The summed E-state index contributed by atoms with van der Waals surface area (Å²) in [5.41, 5.74) is 0.878. The molecule has 0 saturated heterocycles. The van der Waals surface area contributed by atoms with Gasteiger partial charge in [-0.1, -0.05) is 31.2 Å². The first-order valence-electron chi connectivity index (χ1n) is 8.48. The maximum atomic E-state index is 13.3. The van der Waals surface area contributed by atoms with E-state index >= 15 is 0 Å². The van der Waals surface area contributed by atoms with E-state index in [0.29, 0.717) is 6.54 Å². The number of hydrogen-bond donors (Lipinski definition) is 1. The molecule has 0 saturated carbocycles. The largest absolute Gasteiger partial charge is 0.343 e. The first kappa shape index (κ1) is 18.8. The zero-order chi connectivity index (χ0) is 18.4. The Morgan fingerprint density at radius 1 is 1.12 bits per heavy atom. The molecular formula is C20H21FN2OS2. The highest BCUT2D eigenvalue weighted by Gasteiger charge is 2.19. The van der Waals surface area contributed by atoms with Gasteiger partial charge in [-0.3, -0.25) is 9.69 Å². The Kier molecular flexibility index (Phi) is 6.55. The summed E-state index contributed by atoms with van der Waals surface area (Å²) in [6, 6.07) is 14.1. The zero-order valence-corrected chi connectivity index (χ0v) is 16.2. The van der Waals surface area contributed by atoms with Gasteiger partial charge < -0.3 is 5.32 Å². The van der Waals surface area contributed by atoms with Crippen LogP contribution in [0.2, 0.25) is 0 Å². The van der Waals surface area contributed by atoms with Crippen molar-refractivity contribution in [3.63, 3.8) is 0 Å². The number of hydrogen-bond acceptors (Lipinski definition) is 4. The average molecular weight is 389 g/mol. The van der Waals surface area contributed by atoms with E-state index < -0.39 is 0 Å². The number of nitrogens with one attached hydrogen (secondary N) is 1. The number of thiophene rings is 2. The average Bonchev–Trinajstić information content (AvgIpc) is 3.34. The Balaban J connectivity index is 1.69. The van der Waals surface area contributed by atoms with E-state index in [2.05, 4.69) is 23.2 Å². The van der Waals surface area contributed by atoms with Crippen molar-refractivity contribution in [3.8, 4) is 0 Å². The van der Waals surface area contributed by atoms with Crippen LogP contribution in [0.15, 0.2) is 59.3 Å². The van der Waals surface area contributed by atoms with Crippen LogP contribution in [0.1, 0.15) is 28.3 Å². The predicted molar refractivity (Wildman–Crippen MR) is 106 cm³/mol. The fourth-order valence-corrected chi connectivity index (χ4v) is 4.29. The van der Waals surface area contributed by atoms with E-state index in [-0.39, 0.29) is 17.8 Å². The van der Waals surface area contributed by atoms with Gasteiger partial charge in [0.15, 0.2) is 0 Å². The Morgan fingerprint density at radius 3 is 2.46 bits per heavy atom. The van der Waals surface area contributed by atoms with Gasteiger partial charge in [-0.15, -0.1) is 22.7 Å². The molecule has 0 spiro atoms. The molecular weight excluding hydrogens is 367 g/mol. The number of amides is 1. The maximum Gasteiger partial charge on any atom is 0.234 e. The Bertz CT molecular complexity index is 801. The van der Waals surface area contributed by atoms with Crippen LogP contribution in [-0.4, -0.2) is 23.9 Å². The standard InChI is InChI=1S/C20H21FN2OS2/c1-2-23(13-17-5-3-11-25-17)14-19(24)22-20(18-6-4-12-26-18)15-7-9-16(21)10-8-15/h3-12,20H,2,13-14H2,1H3,(H,22,24)/t20-/m0/s1. The lowest BCUT2D eigenvalue weighted by molar-refractivity contribution is -0.122. The monoisotopic (exact) mass is 388 g/mol. The van der Waals surface area contributed by atoms with E-state index in [0.717, 1.165) is 23.5 Å². The minimum Gasteiger partial charge on any atom is -0.343 e. The summed E-state index contributed by atoms with van der Waals surface area (Å²) < 4.78 is 13.3. The maximum absolute atomic E-state index is 13.3. The SMILES string of the molecule is CCN(CC(=O)N[C@@H](c1ccc(F)cc1)c1cccs1)Cc1cccs1. The van der Waals surface area contributed by atoms with E-state index in [4.69, 9.17) is 0 Å². The smallest absolute Gasteiger partial charge is 0.234 e. The van der Waals surface area contributed by atoms with Gasteiger partial charge in [-0.25, -0.2) is 4.39 Å². The molecule has 2 aromatic heterocycles. The number of rotatable bonds is 8. The van der Waals surface area contributed by atoms with Crippen LogP contribution in [-0.2, 0) is 11.3 Å². The summed E-state index contributed by atoms with van der Waals surface area (Å²) in [6.07, 6.45) is 0. The molecule has 3 aromatic rings. The van der Waals surface area contributed by atoms with Crippen molar-refractivity contribution in [2.45, 2.75) is 19.5 Å². The van der Waals surface area contributed by atoms with Crippen molar-refractivity contribution in [2.24, 2.45) is 0 Å². The van der Waals surface area contributed by atoms with Gasteiger partial charge in [-0.05, 0) is 47.1 Å². The second kappa shape index (κ2) is 9.07. The minimum absolute atomic E-state index is 0.0360. The molecule has 0 unspecified atom stereocenters. The molecule has 3 rings (SSSR count). The van der Waals surface area contributed by atoms with E-state index in [1.165, 1.54) is 17.0 Å². The lowest BCUT2D eigenvalue weighted by Gasteiger charge is -2.22. The molecule has 0 aliphatic rings. The highest BCUT2D eigenvalue weighted by Crippen LogP contribution is 2.26. The third-order valence-corrected chi connectivity index (χ3v) is 5.91. The molecule has 0 aliphatic heterocycles. The van der Waals surface area contributed by atoms with Crippen LogP contribution in [0.5, 0.6) is 0 Å². The molecule has 6 heteroatoms. The topological polar surface area (TPSA) is 32.3 Å². The normalized spacial score (nSPS) is 12.3. The molecule has 2 heterocycles. The molecule has 0 radical (unpaired) electrons. The summed E-state index contributed by atoms with van der Waals surface area (Å²) in [5.74, 6) is -0.316. The van der Waals surface area contributed by atoms with Crippen molar-refractivity contribution in [1.82, 2.24) is 10.2 Å². The van der Waals surface area contributed by atoms with Crippen LogP contribution in [0.4, 0.5) is 4.39 Å². The Labute approximate surface area is 161 Å². The van der Waals surface area contributed by atoms with Crippen LogP contribution in [0.25, 0.3) is 0 Å². The van der Waals surface area contributed by atoms with Gasteiger partial charge in [0.05, 0.1) is 12.6 Å². The quantitative estimate of drug-likeness (QED) is 0.608. The number of nitrogens with zero attached hydrogens (tertiary/aromatic N) is 1.